The van der Waals surface area contributed by atoms with Crippen LogP contribution in [0.15, 0.2) is 21.5 Å². The highest BCUT2D eigenvalue weighted by Gasteiger charge is 2.17. The van der Waals surface area contributed by atoms with Crippen molar-refractivity contribution in [3.63, 3.8) is 0 Å². The van der Waals surface area contributed by atoms with Crippen LogP contribution >= 0.6 is 0 Å². The second-order valence-corrected chi connectivity index (χ2v) is 4.49. The number of aromatic hydroxyl groups is 2. The molecule has 1 heterocycles. The van der Waals surface area contributed by atoms with Gasteiger partial charge in [0, 0.05) is 29.5 Å². The molecule has 0 aliphatic carbocycles. The minimum atomic E-state index is -0.784. The first-order valence-electron chi connectivity index (χ1n) is 6.09. The molecule has 1 aromatic heterocycles. The summed E-state index contributed by atoms with van der Waals surface area (Å²) < 4.78 is 5.31. The normalized spacial score (nSPS) is 10.8. The summed E-state index contributed by atoms with van der Waals surface area (Å²) in [5.74, 6) is -0.454. The fraction of sp³-hybridized carbons (Fsp3) is 0.143. The Balaban J connectivity index is 2.47. The van der Waals surface area contributed by atoms with Crippen molar-refractivity contribution in [3.05, 3.63) is 44.7 Å². The van der Waals surface area contributed by atoms with Gasteiger partial charge in [-0.2, -0.15) is 5.26 Å². The van der Waals surface area contributed by atoms with Gasteiger partial charge in [0.15, 0.2) is 5.75 Å². The van der Waals surface area contributed by atoms with E-state index in [1.54, 1.807) is 13.8 Å². The summed E-state index contributed by atoms with van der Waals surface area (Å²) in [4.78, 5) is 13.9. The minimum Gasteiger partial charge on any atom is -0.507 e. The van der Waals surface area contributed by atoms with Gasteiger partial charge in [-0.15, -0.1) is 0 Å². The quantitative estimate of drug-likeness (QED) is 0.508. The zero-order valence-electron chi connectivity index (χ0n) is 11.7. The third-order valence-corrected chi connectivity index (χ3v) is 3.12. The summed E-state index contributed by atoms with van der Waals surface area (Å²) in [6.07, 6.45) is 1.13. The van der Waals surface area contributed by atoms with Gasteiger partial charge in [-0.25, -0.2) is 4.99 Å². The Hall–Kier alpha value is -3.34. The second kappa shape index (κ2) is 5.57. The van der Waals surface area contributed by atoms with Crippen LogP contribution in [0.3, 0.4) is 0 Å². The first-order valence-corrected chi connectivity index (χ1v) is 6.09. The van der Waals surface area contributed by atoms with Gasteiger partial charge < -0.3 is 14.6 Å². The van der Waals surface area contributed by atoms with Crippen LogP contribution in [-0.2, 0) is 0 Å². The second-order valence-electron chi connectivity index (χ2n) is 4.49. The number of aliphatic imine (C=N–C) groups is 1. The Kier molecular flexibility index (Phi) is 3.81. The molecule has 0 aliphatic heterocycles. The maximum Gasteiger partial charge on any atom is 0.311 e. The highest BCUT2D eigenvalue weighted by atomic mass is 16.6. The van der Waals surface area contributed by atoms with Crippen molar-refractivity contribution < 1.29 is 19.6 Å². The summed E-state index contributed by atoms with van der Waals surface area (Å²) in [6, 6.07) is 3.78. The lowest BCUT2D eigenvalue weighted by Crippen LogP contribution is -1.91. The number of aryl methyl sites for hydroxylation is 1. The molecule has 2 aromatic rings. The van der Waals surface area contributed by atoms with Crippen molar-refractivity contribution in [2.45, 2.75) is 13.8 Å². The molecule has 0 bridgehead atoms. The van der Waals surface area contributed by atoms with Crippen molar-refractivity contribution in [2.75, 3.05) is 0 Å². The maximum absolute atomic E-state index is 10.8. The van der Waals surface area contributed by atoms with Crippen molar-refractivity contribution in [1.82, 2.24) is 0 Å². The molecule has 8 heteroatoms. The van der Waals surface area contributed by atoms with E-state index in [0.29, 0.717) is 11.3 Å². The van der Waals surface area contributed by atoms with E-state index in [-0.39, 0.29) is 22.8 Å². The molecule has 0 amide bonds. The van der Waals surface area contributed by atoms with Crippen molar-refractivity contribution in [1.29, 1.82) is 5.26 Å². The van der Waals surface area contributed by atoms with E-state index in [4.69, 9.17) is 9.68 Å². The number of nitro groups is 1. The summed E-state index contributed by atoms with van der Waals surface area (Å²) in [7, 11) is 0. The molecule has 0 saturated carbocycles. The first-order chi connectivity index (χ1) is 10.3. The van der Waals surface area contributed by atoms with E-state index < -0.39 is 16.4 Å². The molecule has 22 heavy (non-hydrogen) atoms. The Morgan fingerprint density at radius 3 is 2.64 bits per heavy atom. The van der Waals surface area contributed by atoms with E-state index in [1.807, 2.05) is 6.07 Å². The van der Waals surface area contributed by atoms with Crippen LogP contribution in [0.1, 0.15) is 22.5 Å². The minimum absolute atomic E-state index is 0.0140. The number of hydrogen-bond acceptors (Lipinski definition) is 7. The molecule has 0 aliphatic rings. The Morgan fingerprint density at radius 2 is 2.05 bits per heavy atom. The van der Waals surface area contributed by atoms with Crippen LogP contribution in [-0.4, -0.2) is 21.4 Å². The van der Waals surface area contributed by atoms with E-state index in [2.05, 4.69) is 4.99 Å². The monoisotopic (exact) mass is 301 g/mol. The third kappa shape index (κ3) is 2.60. The number of nitro benzene ring substituents is 1. The first kappa shape index (κ1) is 15.1. The molecular formula is C14H11N3O5. The van der Waals surface area contributed by atoms with Gasteiger partial charge in [0.1, 0.15) is 23.1 Å². The van der Waals surface area contributed by atoms with Crippen molar-refractivity contribution >= 4 is 17.8 Å². The van der Waals surface area contributed by atoms with Crippen LogP contribution in [0, 0.1) is 35.3 Å². The molecule has 0 unspecified atom stereocenters. The molecule has 1 aromatic carbocycles. The van der Waals surface area contributed by atoms with Gasteiger partial charge in [0.05, 0.1) is 4.92 Å². The molecule has 2 rings (SSSR count). The fourth-order valence-corrected chi connectivity index (χ4v) is 1.79. The fourth-order valence-electron chi connectivity index (χ4n) is 1.79. The SMILES string of the molecule is Cc1oc(N=Cc2cc([N+](=O)[O-])c(O)cc2O)c(C#N)c1C. The summed E-state index contributed by atoms with van der Waals surface area (Å²) in [5, 5.41) is 38.9. The number of phenols is 2. The van der Waals surface area contributed by atoms with Gasteiger partial charge in [-0.05, 0) is 13.8 Å². The van der Waals surface area contributed by atoms with E-state index >= 15 is 0 Å². The van der Waals surface area contributed by atoms with Crippen molar-refractivity contribution in [2.24, 2.45) is 4.99 Å². The van der Waals surface area contributed by atoms with Crippen molar-refractivity contribution in [3.8, 4) is 17.6 Å². The zero-order valence-corrected chi connectivity index (χ0v) is 11.7. The largest absolute Gasteiger partial charge is 0.507 e. The average molecular weight is 301 g/mol. The Labute approximate surface area is 124 Å². The number of nitriles is 1. The lowest BCUT2D eigenvalue weighted by molar-refractivity contribution is -0.385. The zero-order chi connectivity index (χ0) is 16.4. The van der Waals surface area contributed by atoms with Crippen LogP contribution < -0.4 is 0 Å². The van der Waals surface area contributed by atoms with Gasteiger partial charge in [0.2, 0.25) is 5.88 Å². The third-order valence-electron chi connectivity index (χ3n) is 3.12. The number of rotatable bonds is 3. The van der Waals surface area contributed by atoms with Gasteiger partial charge >= 0.3 is 5.69 Å². The molecule has 8 nitrogen and oxygen atoms in total. The molecule has 112 valence electrons. The summed E-state index contributed by atoms with van der Waals surface area (Å²) in [5.41, 5.74) is 0.351. The number of hydrogen-bond donors (Lipinski definition) is 2. The Bertz CT molecular complexity index is 830. The van der Waals surface area contributed by atoms with Crippen LogP contribution in [0.2, 0.25) is 0 Å². The molecule has 0 spiro atoms. The van der Waals surface area contributed by atoms with Gasteiger partial charge in [0.25, 0.3) is 0 Å². The number of phenolic OH excluding ortho intramolecular Hbond substituents is 2. The highest BCUT2D eigenvalue weighted by Crippen LogP contribution is 2.33. The number of benzene rings is 1. The smallest absolute Gasteiger partial charge is 0.311 e. The standard InChI is InChI=1S/C14H11N3O5/c1-7-8(2)22-14(10(7)5-15)16-6-9-3-11(17(20)21)13(19)4-12(9)18/h3-4,6,18-19H,1-2H3. The maximum atomic E-state index is 10.8. The van der Waals surface area contributed by atoms with Gasteiger partial charge in [-0.1, -0.05) is 0 Å². The lowest BCUT2D eigenvalue weighted by Gasteiger charge is -2.00. The predicted octanol–water partition coefficient (Wildman–Crippen LogP) is 2.84. The Morgan fingerprint density at radius 1 is 1.36 bits per heavy atom. The summed E-state index contributed by atoms with van der Waals surface area (Å²) >= 11 is 0. The highest BCUT2D eigenvalue weighted by molar-refractivity contribution is 5.87. The molecule has 0 fully saturated rings. The van der Waals surface area contributed by atoms with Crippen LogP contribution in [0.5, 0.6) is 11.5 Å². The number of nitrogens with zero attached hydrogens (tertiary/aromatic N) is 3. The summed E-state index contributed by atoms with van der Waals surface area (Å²) in [6.45, 7) is 3.39. The molecule has 2 N–H and O–H groups in total. The lowest BCUT2D eigenvalue weighted by atomic mass is 10.1. The average Bonchev–Trinajstić information content (AvgIpc) is 2.72. The topological polar surface area (TPSA) is 133 Å². The molecule has 0 saturated heterocycles. The van der Waals surface area contributed by atoms with E-state index in [0.717, 1.165) is 18.3 Å². The van der Waals surface area contributed by atoms with E-state index in [1.165, 1.54) is 0 Å². The molecular weight excluding hydrogens is 290 g/mol. The van der Waals surface area contributed by atoms with Crippen LogP contribution in [0.25, 0.3) is 0 Å². The molecule has 0 atom stereocenters. The van der Waals surface area contributed by atoms with Crippen LogP contribution in [0.4, 0.5) is 11.6 Å². The molecule has 0 radical (unpaired) electrons. The van der Waals surface area contributed by atoms with E-state index in [9.17, 15) is 20.3 Å². The number of furan rings is 1. The predicted molar refractivity (Wildman–Crippen MR) is 76.6 cm³/mol. The van der Waals surface area contributed by atoms with Gasteiger partial charge in [-0.3, -0.25) is 10.1 Å².